The van der Waals surface area contributed by atoms with Crippen molar-refractivity contribution in [2.24, 2.45) is 0 Å². The zero-order chi connectivity index (χ0) is 12.4. The van der Waals surface area contributed by atoms with Gasteiger partial charge >= 0.3 is 0 Å². The van der Waals surface area contributed by atoms with Crippen LogP contribution in [0.1, 0.15) is 5.56 Å². The Morgan fingerprint density at radius 3 is 3.06 bits per heavy atom. The predicted octanol–water partition coefficient (Wildman–Crippen LogP) is 2.52. The first-order chi connectivity index (χ1) is 8.83. The Hall–Kier alpha value is -1.40. The van der Waals surface area contributed by atoms with Gasteiger partial charge in [0.05, 0.1) is 5.02 Å². The van der Waals surface area contributed by atoms with Crippen LogP contribution in [-0.4, -0.2) is 28.4 Å². The fourth-order valence-corrected chi connectivity index (χ4v) is 2.66. The maximum absolute atomic E-state index is 6.16. The topological polar surface area (TPSA) is 60.0 Å². The molecule has 0 saturated heterocycles. The van der Waals surface area contributed by atoms with Crippen molar-refractivity contribution in [3.05, 3.63) is 29.0 Å². The molecule has 1 aliphatic rings. The third kappa shape index (κ3) is 2.39. The van der Waals surface area contributed by atoms with Gasteiger partial charge in [0.15, 0.2) is 16.7 Å². The quantitative estimate of drug-likeness (QED) is 0.877. The van der Waals surface area contributed by atoms with Gasteiger partial charge in [-0.25, -0.2) is 4.98 Å². The summed E-state index contributed by atoms with van der Waals surface area (Å²) in [7, 11) is 0. The second kappa shape index (κ2) is 5.07. The molecule has 0 bridgehead atoms. The van der Waals surface area contributed by atoms with Gasteiger partial charge in [0.25, 0.3) is 0 Å². The van der Waals surface area contributed by atoms with E-state index >= 15 is 0 Å². The SMILES string of the molecule is Clc1cc(CSc2ncn[nH]2)cc2c1OCCO2. The lowest BCUT2D eigenvalue weighted by molar-refractivity contribution is 0.171. The van der Waals surface area contributed by atoms with Crippen LogP contribution in [0, 0.1) is 0 Å². The monoisotopic (exact) mass is 283 g/mol. The fourth-order valence-electron chi connectivity index (χ4n) is 1.66. The molecule has 0 saturated carbocycles. The van der Waals surface area contributed by atoms with E-state index in [0.29, 0.717) is 29.7 Å². The lowest BCUT2D eigenvalue weighted by Crippen LogP contribution is -2.15. The minimum absolute atomic E-state index is 0.541. The molecule has 2 aromatic rings. The first-order valence-electron chi connectivity index (χ1n) is 5.39. The van der Waals surface area contributed by atoms with E-state index in [2.05, 4.69) is 15.2 Å². The zero-order valence-corrected chi connectivity index (χ0v) is 10.9. The number of ether oxygens (including phenoxy) is 2. The number of thioether (sulfide) groups is 1. The summed E-state index contributed by atoms with van der Waals surface area (Å²) in [6, 6.07) is 3.84. The number of aromatic amines is 1. The number of nitrogens with one attached hydrogen (secondary N) is 1. The highest BCUT2D eigenvalue weighted by atomic mass is 35.5. The normalized spacial score (nSPS) is 13.6. The molecule has 0 fully saturated rings. The highest BCUT2D eigenvalue weighted by Crippen LogP contribution is 2.39. The van der Waals surface area contributed by atoms with Gasteiger partial charge < -0.3 is 9.47 Å². The number of hydrogen-bond acceptors (Lipinski definition) is 5. The molecule has 3 rings (SSSR count). The zero-order valence-electron chi connectivity index (χ0n) is 9.35. The number of halogens is 1. The molecule has 1 aromatic carbocycles. The number of nitrogens with zero attached hydrogens (tertiary/aromatic N) is 2. The van der Waals surface area contributed by atoms with Crippen molar-refractivity contribution in [2.45, 2.75) is 10.9 Å². The smallest absolute Gasteiger partial charge is 0.183 e. The third-order valence-corrected chi connectivity index (χ3v) is 3.65. The molecule has 18 heavy (non-hydrogen) atoms. The third-order valence-electron chi connectivity index (χ3n) is 2.43. The van der Waals surface area contributed by atoms with Crippen LogP contribution in [0.5, 0.6) is 11.5 Å². The summed E-state index contributed by atoms with van der Waals surface area (Å²) >= 11 is 7.71. The molecule has 5 nitrogen and oxygen atoms in total. The Labute approximate surface area is 113 Å². The largest absolute Gasteiger partial charge is 0.486 e. The second-order valence-electron chi connectivity index (χ2n) is 3.68. The van der Waals surface area contributed by atoms with E-state index in [0.717, 1.165) is 16.5 Å². The molecule has 0 unspecified atom stereocenters. The number of benzene rings is 1. The average molecular weight is 284 g/mol. The molecular formula is C11H10ClN3O2S. The average Bonchev–Trinajstić information content (AvgIpc) is 2.90. The Morgan fingerprint density at radius 1 is 1.33 bits per heavy atom. The van der Waals surface area contributed by atoms with E-state index in [1.807, 2.05) is 12.1 Å². The Bertz CT molecular complexity index is 547. The molecule has 7 heteroatoms. The maximum atomic E-state index is 6.16. The molecule has 0 spiro atoms. The summed E-state index contributed by atoms with van der Waals surface area (Å²) in [6.45, 7) is 1.10. The van der Waals surface area contributed by atoms with Gasteiger partial charge in [-0.15, -0.1) is 0 Å². The minimum atomic E-state index is 0.541. The highest BCUT2D eigenvalue weighted by molar-refractivity contribution is 7.98. The lowest BCUT2D eigenvalue weighted by Gasteiger charge is -2.20. The van der Waals surface area contributed by atoms with Gasteiger partial charge in [-0.2, -0.15) is 5.10 Å². The van der Waals surface area contributed by atoms with Crippen LogP contribution in [-0.2, 0) is 5.75 Å². The van der Waals surface area contributed by atoms with Gasteiger partial charge in [-0.05, 0) is 17.7 Å². The molecule has 2 heterocycles. The van der Waals surface area contributed by atoms with Crippen molar-refractivity contribution >= 4 is 23.4 Å². The number of rotatable bonds is 3. The molecule has 0 atom stereocenters. The maximum Gasteiger partial charge on any atom is 0.183 e. The Morgan fingerprint density at radius 2 is 2.22 bits per heavy atom. The van der Waals surface area contributed by atoms with E-state index in [4.69, 9.17) is 21.1 Å². The van der Waals surface area contributed by atoms with Gasteiger partial charge in [0.1, 0.15) is 19.5 Å². The van der Waals surface area contributed by atoms with Crippen LogP contribution in [0.2, 0.25) is 5.02 Å². The summed E-state index contributed by atoms with van der Waals surface area (Å²) in [5, 5.41) is 7.95. The fraction of sp³-hybridized carbons (Fsp3) is 0.273. The first kappa shape index (κ1) is 11.7. The predicted molar refractivity (Wildman–Crippen MR) is 68.4 cm³/mol. The molecule has 94 valence electrons. The Kier molecular flexibility index (Phi) is 3.29. The lowest BCUT2D eigenvalue weighted by atomic mass is 10.2. The van der Waals surface area contributed by atoms with Crippen LogP contribution in [0.15, 0.2) is 23.6 Å². The Balaban J connectivity index is 1.78. The molecular weight excluding hydrogens is 274 g/mol. The summed E-state index contributed by atoms with van der Waals surface area (Å²) in [5.74, 6) is 2.09. The van der Waals surface area contributed by atoms with Crippen molar-refractivity contribution < 1.29 is 9.47 Å². The van der Waals surface area contributed by atoms with E-state index in [9.17, 15) is 0 Å². The molecule has 1 aromatic heterocycles. The number of hydrogen-bond donors (Lipinski definition) is 1. The minimum Gasteiger partial charge on any atom is -0.486 e. The van der Waals surface area contributed by atoms with Crippen molar-refractivity contribution in [1.82, 2.24) is 15.2 Å². The molecule has 1 aliphatic heterocycles. The van der Waals surface area contributed by atoms with Gasteiger partial charge in [-0.1, -0.05) is 23.4 Å². The van der Waals surface area contributed by atoms with Crippen molar-refractivity contribution in [2.75, 3.05) is 13.2 Å². The highest BCUT2D eigenvalue weighted by Gasteiger charge is 2.16. The van der Waals surface area contributed by atoms with Crippen molar-refractivity contribution in [1.29, 1.82) is 0 Å². The van der Waals surface area contributed by atoms with Crippen LogP contribution in [0.4, 0.5) is 0 Å². The standard InChI is InChI=1S/C11H10ClN3O2S/c12-8-3-7(5-18-11-13-6-14-15-11)4-9-10(8)17-2-1-16-9/h3-4,6H,1-2,5H2,(H,13,14,15). The van der Waals surface area contributed by atoms with E-state index < -0.39 is 0 Å². The first-order valence-corrected chi connectivity index (χ1v) is 6.75. The summed E-state index contributed by atoms with van der Waals surface area (Å²) in [4.78, 5) is 4.05. The number of H-pyrrole nitrogens is 1. The van der Waals surface area contributed by atoms with Crippen molar-refractivity contribution in [3.8, 4) is 11.5 Å². The number of aromatic nitrogens is 3. The summed E-state index contributed by atoms with van der Waals surface area (Å²) in [6.07, 6.45) is 1.49. The molecule has 1 N–H and O–H groups in total. The van der Waals surface area contributed by atoms with Crippen LogP contribution in [0.3, 0.4) is 0 Å². The van der Waals surface area contributed by atoms with Gasteiger partial charge in [-0.3, -0.25) is 5.10 Å². The number of fused-ring (bicyclic) bond motifs is 1. The molecule has 0 aliphatic carbocycles. The van der Waals surface area contributed by atoms with E-state index in [1.165, 1.54) is 6.33 Å². The van der Waals surface area contributed by atoms with Crippen LogP contribution in [0.25, 0.3) is 0 Å². The second-order valence-corrected chi connectivity index (χ2v) is 5.05. The van der Waals surface area contributed by atoms with Crippen LogP contribution >= 0.6 is 23.4 Å². The summed E-state index contributed by atoms with van der Waals surface area (Å²) in [5.41, 5.74) is 1.06. The van der Waals surface area contributed by atoms with Gasteiger partial charge in [0.2, 0.25) is 0 Å². The van der Waals surface area contributed by atoms with E-state index in [-0.39, 0.29) is 0 Å². The van der Waals surface area contributed by atoms with E-state index in [1.54, 1.807) is 11.8 Å². The molecule has 0 amide bonds. The summed E-state index contributed by atoms with van der Waals surface area (Å²) < 4.78 is 11.0. The van der Waals surface area contributed by atoms with Gasteiger partial charge in [0, 0.05) is 5.75 Å². The molecule has 0 radical (unpaired) electrons. The van der Waals surface area contributed by atoms with Crippen molar-refractivity contribution in [3.63, 3.8) is 0 Å². The van der Waals surface area contributed by atoms with Crippen LogP contribution < -0.4 is 9.47 Å².